The lowest BCUT2D eigenvalue weighted by molar-refractivity contribution is 1.05. The fourth-order valence-electron chi connectivity index (χ4n) is 0.583. The van der Waals surface area contributed by atoms with Crippen LogP contribution >= 0.6 is 50.2 Å². The van der Waals surface area contributed by atoms with E-state index in [9.17, 15) is 0 Å². The molecular formula is C4BrClN4S2. The van der Waals surface area contributed by atoms with Gasteiger partial charge in [0.1, 0.15) is 0 Å². The maximum atomic E-state index is 5.61. The fourth-order valence-corrected chi connectivity index (χ4v) is 2.53. The molecule has 0 N–H and O–H groups in total. The van der Waals surface area contributed by atoms with E-state index in [4.69, 9.17) is 11.6 Å². The van der Waals surface area contributed by atoms with E-state index in [0.29, 0.717) is 9.47 Å². The molecule has 0 amide bonds. The number of aromatic nitrogens is 4. The second-order valence-electron chi connectivity index (χ2n) is 1.72. The Bertz CT molecular complexity index is 361. The van der Waals surface area contributed by atoms with Gasteiger partial charge in [-0.15, -0.1) is 20.4 Å². The summed E-state index contributed by atoms with van der Waals surface area (Å²) in [6.07, 6.45) is 0. The monoisotopic (exact) mass is 282 g/mol. The molecule has 0 aromatic carbocycles. The van der Waals surface area contributed by atoms with Gasteiger partial charge in [0.15, 0.2) is 13.9 Å². The molecule has 0 fully saturated rings. The minimum Gasteiger partial charge on any atom is -0.135 e. The third-order valence-corrected chi connectivity index (χ3v) is 3.50. The van der Waals surface area contributed by atoms with Crippen molar-refractivity contribution in [3.63, 3.8) is 0 Å². The van der Waals surface area contributed by atoms with Crippen LogP contribution < -0.4 is 0 Å². The van der Waals surface area contributed by atoms with Crippen LogP contribution in [0.25, 0.3) is 10.0 Å². The summed E-state index contributed by atoms with van der Waals surface area (Å²) in [4.78, 5) is 0. The number of halogens is 2. The highest BCUT2D eigenvalue weighted by Crippen LogP contribution is 2.29. The van der Waals surface area contributed by atoms with E-state index in [0.717, 1.165) is 8.92 Å². The van der Waals surface area contributed by atoms with Crippen LogP contribution in [-0.4, -0.2) is 20.4 Å². The van der Waals surface area contributed by atoms with E-state index in [-0.39, 0.29) is 0 Å². The van der Waals surface area contributed by atoms with Crippen molar-refractivity contribution in [1.82, 2.24) is 20.4 Å². The van der Waals surface area contributed by atoms with Gasteiger partial charge in [0.2, 0.25) is 4.47 Å². The van der Waals surface area contributed by atoms with Crippen molar-refractivity contribution < 1.29 is 0 Å². The van der Waals surface area contributed by atoms with Crippen molar-refractivity contribution in [2.45, 2.75) is 0 Å². The van der Waals surface area contributed by atoms with E-state index in [1.54, 1.807) is 0 Å². The molecule has 2 heterocycles. The van der Waals surface area contributed by atoms with Gasteiger partial charge in [-0.2, -0.15) is 0 Å². The molecular weight excluding hydrogens is 284 g/mol. The van der Waals surface area contributed by atoms with E-state index in [1.807, 2.05) is 0 Å². The van der Waals surface area contributed by atoms with Crippen LogP contribution in [0.15, 0.2) is 3.92 Å². The second kappa shape index (κ2) is 3.33. The summed E-state index contributed by atoms with van der Waals surface area (Å²) in [6.45, 7) is 0. The second-order valence-corrected chi connectivity index (χ2v) is 5.53. The molecule has 62 valence electrons. The van der Waals surface area contributed by atoms with Crippen LogP contribution in [0, 0.1) is 0 Å². The van der Waals surface area contributed by atoms with Gasteiger partial charge >= 0.3 is 0 Å². The molecule has 12 heavy (non-hydrogen) atoms. The van der Waals surface area contributed by atoms with Crippen molar-refractivity contribution >= 4 is 50.2 Å². The van der Waals surface area contributed by atoms with Gasteiger partial charge in [0.25, 0.3) is 0 Å². The van der Waals surface area contributed by atoms with E-state index < -0.39 is 0 Å². The van der Waals surface area contributed by atoms with Crippen LogP contribution in [0.1, 0.15) is 0 Å². The minimum atomic E-state index is 0.413. The molecule has 0 radical (unpaired) electrons. The molecule has 8 heteroatoms. The molecule has 0 aliphatic rings. The fraction of sp³-hybridized carbons (Fsp3) is 0. The highest BCUT2D eigenvalue weighted by atomic mass is 79.9. The average Bonchev–Trinajstić information content (AvgIpc) is 2.58. The Balaban J connectivity index is 2.43. The molecule has 0 bridgehead atoms. The normalized spacial score (nSPS) is 10.5. The van der Waals surface area contributed by atoms with Crippen LogP contribution in [-0.2, 0) is 0 Å². The van der Waals surface area contributed by atoms with Crippen LogP contribution in [0.3, 0.4) is 0 Å². The molecule has 2 rings (SSSR count). The van der Waals surface area contributed by atoms with Gasteiger partial charge in [0.05, 0.1) is 0 Å². The van der Waals surface area contributed by atoms with Gasteiger partial charge in [-0.3, -0.25) is 0 Å². The lowest BCUT2D eigenvalue weighted by Crippen LogP contribution is -1.74. The SMILES string of the molecule is Clc1nnc(-c2nnc(Br)s2)s1. The first-order valence-electron chi connectivity index (χ1n) is 2.74. The molecule has 0 saturated carbocycles. The lowest BCUT2D eigenvalue weighted by Gasteiger charge is -1.78. The lowest BCUT2D eigenvalue weighted by atomic mass is 10.8. The van der Waals surface area contributed by atoms with E-state index >= 15 is 0 Å². The zero-order valence-corrected chi connectivity index (χ0v) is 9.34. The highest BCUT2D eigenvalue weighted by Gasteiger charge is 2.09. The zero-order chi connectivity index (χ0) is 8.55. The van der Waals surface area contributed by atoms with Crippen molar-refractivity contribution in [3.8, 4) is 10.0 Å². The molecule has 0 aliphatic heterocycles. The molecule has 2 aromatic heterocycles. The summed E-state index contributed by atoms with van der Waals surface area (Å²) in [5, 5.41) is 16.6. The van der Waals surface area contributed by atoms with E-state index in [2.05, 4.69) is 36.3 Å². The van der Waals surface area contributed by atoms with Gasteiger partial charge in [-0.25, -0.2) is 0 Å². The standard InChI is InChI=1S/C4BrClN4S2/c5-3-9-7-1(11-3)2-8-10-4(6)12-2. The van der Waals surface area contributed by atoms with Crippen molar-refractivity contribution in [3.05, 3.63) is 8.38 Å². The quantitative estimate of drug-likeness (QED) is 0.807. The first-order valence-corrected chi connectivity index (χ1v) is 5.54. The highest BCUT2D eigenvalue weighted by molar-refractivity contribution is 9.11. The maximum absolute atomic E-state index is 5.61. The Morgan fingerprint density at radius 2 is 1.67 bits per heavy atom. The van der Waals surface area contributed by atoms with Crippen LogP contribution in [0.4, 0.5) is 0 Å². The summed E-state index contributed by atoms with van der Waals surface area (Å²) in [6, 6.07) is 0. The Hall–Kier alpha value is -0.110. The number of hydrogen-bond acceptors (Lipinski definition) is 6. The Morgan fingerprint density at radius 1 is 1.00 bits per heavy atom. The van der Waals surface area contributed by atoms with Gasteiger partial charge in [-0.1, -0.05) is 22.7 Å². The Labute approximate surface area is 88.8 Å². The van der Waals surface area contributed by atoms with Crippen LogP contribution in [0.2, 0.25) is 4.47 Å². The molecule has 0 atom stereocenters. The molecule has 0 spiro atoms. The number of rotatable bonds is 1. The summed E-state index contributed by atoms with van der Waals surface area (Å²) in [7, 11) is 0. The summed E-state index contributed by atoms with van der Waals surface area (Å²) in [5.41, 5.74) is 0. The molecule has 0 saturated heterocycles. The smallest absolute Gasteiger partial charge is 0.135 e. The van der Waals surface area contributed by atoms with Crippen molar-refractivity contribution in [1.29, 1.82) is 0 Å². The number of nitrogens with zero attached hydrogens (tertiary/aromatic N) is 4. The first-order chi connectivity index (χ1) is 5.75. The van der Waals surface area contributed by atoms with Gasteiger partial charge in [-0.05, 0) is 27.5 Å². The molecule has 4 nitrogen and oxygen atoms in total. The zero-order valence-electron chi connectivity index (χ0n) is 5.36. The summed E-state index contributed by atoms with van der Waals surface area (Å²) in [5.74, 6) is 0. The van der Waals surface area contributed by atoms with Crippen LogP contribution in [0.5, 0.6) is 0 Å². The number of hydrogen-bond donors (Lipinski definition) is 0. The average molecular weight is 284 g/mol. The van der Waals surface area contributed by atoms with Gasteiger partial charge in [0, 0.05) is 0 Å². The minimum absolute atomic E-state index is 0.413. The largest absolute Gasteiger partial charge is 0.207 e. The predicted molar refractivity (Wildman–Crippen MR) is 51.5 cm³/mol. The Kier molecular flexibility index (Phi) is 2.35. The molecule has 0 unspecified atom stereocenters. The summed E-state index contributed by atoms with van der Waals surface area (Å²) < 4.78 is 1.14. The molecule has 0 aliphatic carbocycles. The van der Waals surface area contributed by atoms with Crippen molar-refractivity contribution in [2.75, 3.05) is 0 Å². The van der Waals surface area contributed by atoms with Gasteiger partial charge < -0.3 is 0 Å². The van der Waals surface area contributed by atoms with Crippen molar-refractivity contribution in [2.24, 2.45) is 0 Å². The molecule has 2 aromatic rings. The maximum Gasteiger partial charge on any atom is 0.207 e. The first kappa shape index (κ1) is 8.49. The van der Waals surface area contributed by atoms with E-state index in [1.165, 1.54) is 22.7 Å². The third-order valence-electron chi connectivity index (χ3n) is 0.984. The third kappa shape index (κ3) is 1.63. The summed E-state index contributed by atoms with van der Waals surface area (Å²) >= 11 is 11.5. The predicted octanol–water partition coefficient (Wildman–Crippen LogP) is 2.47. The topological polar surface area (TPSA) is 51.6 Å². The Morgan fingerprint density at radius 3 is 2.17 bits per heavy atom.